The van der Waals surface area contributed by atoms with Crippen LogP contribution in [0.1, 0.15) is 25.8 Å². The van der Waals surface area contributed by atoms with Crippen LogP contribution in [0.2, 0.25) is 5.02 Å². The van der Waals surface area contributed by atoms with Crippen molar-refractivity contribution < 1.29 is 19.1 Å². The van der Waals surface area contributed by atoms with Gasteiger partial charge in [-0.15, -0.1) is 0 Å². The van der Waals surface area contributed by atoms with E-state index in [1.807, 2.05) is 13.8 Å². The van der Waals surface area contributed by atoms with Gasteiger partial charge in [-0.3, -0.25) is 4.79 Å². The summed E-state index contributed by atoms with van der Waals surface area (Å²) < 4.78 is 9.96. The first-order valence-electron chi connectivity index (χ1n) is 7.13. The summed E-state index contributed by atoms with van der Waals surface area (Å²) >= 11 is 6.12. The highest BCUT2D eigenvalue weighted by Gasteiger charge is 2.27. The van der Waals surface area contributed by atoms with Crippen LogP contribution in [-0.2, 0) is 20.7 Å². The lowest BCUT2D eigenvalue weighted by molar-refractivity contribution is -0.146. The minimum Gasteiger partial charge on any atom is -0.496 e. The van der Waals surface area contributed by atoms with Crippen molar-refractivity contribution in [1.82, 2.24) is 5.32 Å². The number of carbonyl (C=O) groups excluding carboxylic acids is 2. The maximum absolute atomic E-state index is 12.3. The normalized spacial score (nSPS) is 13.1. The van der Waals surface area contributed by atoms with Gasteiger partial charge in [0, 0.05) is 10.6 Å². The minimum atomic E-state index is -0.670. The smallest absolute Gasteiger partial charge is 0.328 e. The Morgan fingerprint density at radius 2 is 2.00 bits per heavy atom. The van der Waals surface area contributed by atoms with Gasteiger partial charge in [0.05, 0.1) is 20.6 Å². The largest absolute Gasteiger partial charge is 0.496 e. The number of hydrogen-bond donors (Lipinski definition) is 1. The molecule has 0 heterocycles. The van der Waals surface area contributed by atoms with E-state index in [9.17, 15) is 9.59 Å². The molecule has 0 aliphatic rings. The second-order valence-electron chi connectivity index (χ2n) is 5.05. The zero-order valence-electron chi connectivity index (χ0n) is 13.3. The van der Waals surface area contributed by atoms with Crippen LogP contribution >= 0.6 is 11.6 Å². The summed E-state index contributed by atoms with van der Waals surface area (Å²) in [5.41, 5.74) is 0.594. The van der Waals surface area contributed by atoms with Gasteiger partial charge < -0.3 is 14.8 Å². The van der Waals surface area contributed by atoms with E-state index in [1.54, 1.807) is 18.2 Å². The number of amides is 1. The minimum absolute atomic E-state index is 0.0236. The maximum Gasteiger partial charge on any atom is 0.328 e. The van der Waals surface area contributed by atoms with Crippen LogP contribution in [0.3, 0.4) is 0 Å². The number of ether oxygens (including phenoxy) is 2. The fraction of sp³-hybridized carbons (Fsp3) is 0.500. The lowest BCUT2D eigenvalue weighted by Gasteiger charge is -2.22. The van der Waals surface area contributed by atoms with E-state index in [1.165, 1.54) is 14.2 Å². The van der Waals surface area contributed by atoms with Gasteiger partial charge in [0.2, 0.25) is 5.91 Å². The fourth-order valence-corrected chi connectivity index (χ4v) is 2.32. The summed E-state index contributed by atoms with van der Waals surface area (Å²) in [5, 5.41) is 3.17. The summed E-state index contributed by atoms with van der Waals surface area (Å²) in [4.78, 5) is 24.1. The molecule has 0 fully saturated rings. The van der Waals surface area contributed by atoms with Crippen molar-refractivity contribution in [3.8, 4) is 5.75 Å². The second-order valence-corrected chi connectivity index (χ2v) is 5.46. The number of nitrogens with one attached hydrogen (secondary N) is 1. The molecule has 6 heteroatoms. The van der Waals surface area contributed by atoms with Gasteiger partial charge in [-0.2, -0.15) is 0 Å². The molecular weight excluding hydrogens is 306 g/mol. The first-order valence-corrected chi connectivity index (χ1v) is 7.50. The Labute approximate surface area is 135 Å². The molecule has 2 atom stereocenters. The Hall–Kier alpha value is -1.75. The fourth-order valence-electron chi connectivity index (χ4n) is 2.08. The van der Waals surface area contributed by atoms with Crippen LogP contribution in [-0.4, -0.2) is 32.1 Å². The molecule has 0 aliphatic carbocycles. The van der Waals surface area contributed by atoms with E-state index in [-0.39, 0.29) is 18.2 Å². The van der Waals surface area contributed by atoms with Crippen molar-refractivity contribution >= 4 is 23.5 Å². The molecule has 1 N–H and O–H groups in total. The van der Waals surface area contributed by atoms with Crippen LogP contribution in [0.5, 0.6) is 5.75 Å². The summed E-state index contributed by atoms with van der Waals surface area (Å²) in [6.07, 6.45) is 0.780. The Bertz CT molecular complexity index is 533. The van der Waals surface area contributed by atoms with E-state index < -0.39 is 12.0 Å². The number of methoxy groups -OCH3 is 2. The Kier molecular flexibility index (Phi) is 7.18. The van der Waals surface area contributed by atoms with Crippen molar-refractivity contribution in [3.63, 3.8) is 0 Å². The van der Waals surface area contributed by atoms with E-state index in [0.29, 0.717) is 16.3 Å². The zero-order valence-corrected chi connectivity index (χ0v) is 14.1. The molecule has 0 radical (unpaired) electrons. The number of esters is 1. The molecule has 0 aromatic heterocycles. The molecule has 122 valence electrons. The number of hydrogen-bond acceptors (Lipinski definition) is 4. The molecule has 0 aliphatic heterocycles. The molecule has 0 saturated carbocycles. The summed E-state index contributed by atoms with van der Waals surface area (Å²) in [7, 11) is 2.82. The predicted molar refractivity (Wildman–Crippen MR) is 85.1 cm³/mol. The van der Waals surface area contributed by atoms with E-state index >= 15 is 0 Å². The number of benzene rings is 1. The first-order chi connectivity index (χ1) is 10.4. The molecule has 0 bridgehead atoms. The van der Waals surface area contributed by atoms with Crippen LogP contribution in [0.4, 0.5) is 0 Å². The van der Waals surface area contributed by atoms with Crippen molar-refractivity contribution in [2.75, 3.05) is 14.2 Å². The van der Waals surface area contributed by atoms with Crippen LogP contribution < -0.4 is 10.1 Å². The monoisotopic (exact) mass is 327 g/mol. The van der Waals surface area contributed by atoms with Gasteiger partial charge in [-0.05, 0) is 18.1 Å². The number of rotatable bonds is 7. The van der Waals surface area contributed by atoms with Crippen molar-refractivity contribution in [3.05, 3.63) is 28.8 Å². The highest BCUT2D eigenvalue weighted by molar-refractivity contribution is 6.31. The van der Waals surface area contributed by atoms with Gasteiger partial charge in [0.15, 0.2) is 0 Å². The van der Waals surface area contributed by atoms with Crippen LogP contribution in [0, 0.1) is 5.92 Å². The molecule has 1 rings (SSSR count). The molecular formula is C16H22ClNO4. The number of halogens is 1. The van der Waals surface area contributed by atoms with Gasteiger partial charge in [0.25, 0.3) is 0 Å². The Morgan fingerprint density at radius 1 is 1.32 bits per heavy atom. The molecule has 22 heavy (non-hydrogen) atoms. The van der Waals surface area contributed by atoms with Crippen LogP contribution in [0.15, 0.2) is 18.2 Å². The average Bonchev–Trinajstić information content (AvgIpc) is 2.53. The van der Waals surface area contributed by atoms with Crippen molar-refractivity contribution in [1.29, 1.82) is 0 Å². The zero-order chi connectivity index (χ0) is 16.7. The highest BCUT2D eigenvalue weighted by Crippen LogP contribution is 2.26. The lowest BCUT2D eigenvalue weighted by atomic mass is 9.98. The topological polar surface area (TPSA) is 64.6 Å². The van der Waals surface area contributed by atoms with Crippen LogP contribution in [0.25, 0.3) is 0 Å². The molecule has 1 aromatic rings. The van der Waals surface area contributed by atoms with E-state index in [4.69, 9.17) is 21.1 Å². The third kappa shape index (κ3) is 4.63. The predicted octanol–water partition coefficient (Wildman–Crippen LogP) is 2.60. The van der Waals surface area contributed by atoms with Gasteiger partial charge >= 0.3 is 5.97 Å². The Morgan fingerprint density at radius 3 is 2.55 bits per heavy atom. The molecule has 0 unspecified atom stereocenters. The summed E-state index contributed by atoms with van der Waals surface area (Å²) in [6.45, 7) is 3.84. The summed E-state index contributed by atoms with van der Waals surface area (Å²) in [5.74, 6) is -0.235. The van der Waals surface area contributed by atoms with Crippen molar-refractivity contribution in [2.45, 2.75) is 32.7 Å². The van der Waals surface area contributed by atoms with Gasteiger partial charge in [-0.25, -0.2) is 4.79 Å². The second kappa shape index (κ2) is 8.63. The molecule has 5 nitrogen and oxygen atoms in total. The lowest BCUT2D eigenvalue weighted by Crippen LogP contribution is -2.46. The first kappa shape index (κ1) is 18.3. The highest BCUT2D eigenvalue weighted by atomic mass is 35.5. The van der Waals surface area contributed by atoms with E-state index in [2.05, 4.69) is 5.32 Å². The van der Waals surface area contributed by atoms with Gasteiger partial charge in [-0.1, -0.05) is 37.9 Å². The quantitative estimate of drug-likeness (QED) is 0.782. The van der Waals surface area contributed by atoms with E-state index in [0.717, 1.165) is 6.42 Å². The third-order valence-corrected chi connectivity index (χ3v) is 3.97. The number of carbonyl (C=O) groups is 2. The summed E-state index contributed by atoms with van der Waals surface area (Å²) in [6, 6.07) is 4.51. The van der Waals surface area contributed by atoms with Gasteiger partial charge in [0.1, 0.15) is 11.8 Å². The Balaban J connectivity index is 2.86. The molecule has 1 aromatic carbocycles. The standard InChI is InChI=1S/C16H22ClNO4/c1-5-10(2)15(16(20)22-4)18-14(19)9-11-12(17)7-6-8-13(11)21-3/h6-8,10,15H,5,9H2,1-4H3,(H,18,19)/t10-,15-/m0/s1. The molecule has 1 amide bonds. The molecule has 0 saturated heterocycles. The average molecular weight is 328 g/mol. The van der Waals surface area contributed by atoms with Crippen molar-refractivity contribution in [2.24, 2.45) is 5.92 Å². The SMILES string of the molecule is CC[C@H](C)[C@H](NC(=O)Cc1c(Cl)cccc1OC)C(=O)OC. The maximum atomic E-state index is 12.3. The molecule has 0 spiro atoms. The third-order valence-electron chi connectivity index (χ3n) is 3.62.